The molecule has 0 saturated carbocycles. The standard InChI is InChI=1S/C11H9NOS2.C2H6/c13-12-7-10-6-11(8-14-10)15-9-4-2-1-3-5-9;1-2/h1-8,13H;1-2H3/b12-7+;. The number of hydrogen-bond acceptors (Lipinski definition) is 4. The molecule has 2 rings (SSSR count). The van der Waals surface area contributed by atoms with Crippen LogP contribution in [0, 0.1) is 0 Å². The second-order valence-electron chi connectivity index (χ2n) is 2.84. The van der Waals surface area contributed by atoms with Gasteiger partial charge in [0.2, 0.25) is 0 Å². The van der Waals surface area contributed by atoms with E-state index in [1.807, 2.05) is 38.1 Å². The van der Waals surface area contributed by atoms with Crippen LogP contribution in [0.3, 0.4) is 0 Å². The smallest absolute Gasteiger partial charge is 0.0833 e. The Kier molecular flexibility index (Phi) is 6.43. The molecule has 0 aliphatic heterocycles. The monoisotopic (exact) mass is 265 g/mol. The van der Waals surface area contributed by atoms with Gasteiger partial charge in [0.05, 0.1) is 6.21 Å². The number of oxime groups is 1. The minimum atomic E-state index is 0.955. The van der Waals surface area contributed by atoms with E-state index in [1.165, 1.54) is 16.0 Å². The minimum absolute atomic E-state index is 0.955. The Morgan fingerprint density at radius 2 is 1.88 bits per heavy atom. The van der Waals surface area contributed by atoms with E-state index in [0.717, 1.165) is 4.88 Å². The lowest BCUT2D eigenvalue weighted by Gasteiger charge is -1.96. The summed E-state index contributed by atoms with van der Waals surface area (Å²) >= 11 is 3.26. The van der Waals surface area contributed by atoms with Gasteiger partial charge in [0, 0.05) is 20.0 Å². The van der Waals surface area contributed by atoms with Crippen LogP contribution >= 0.6 is 23.1 Å². The zero-order valence-corrected chi connectivity index (χ0v) is 11.5. The van der Waals surface area contributed by atoms with Gasteiger partial charge in [0.1, 0.15) is 0 Å². The first-order valence-electron chi connectivity index (χ1n) is 5.37. The summed E-state index contributed by atoms with van der Waals surface area (Å²) in [5.74, 6) is 0. The van der Waals surface area contributed by atoms with E-state index in [4.69, 9.17) is 5.21 Å². The van der Waals surface area contributed by atoms with Gasteiger partial charge in [-0.2, -0.15) is 0 Å². The summed E-state index contributed by atoms with van der Waals surface area (Å²) in [5, 5.41) is 13.4. The Morgan fingerprint density at radius 1 is 1.18 bits per heavy atom. The maximum atomic E-state index is 8.39. The maximum absolute atomic E-state index is 8.39. The highest BCUT2D eigenvalue weighted by molar-refractivity contribution is 7.99. The molecule has 0 saturated heterocycles. The largest absolute Gasteiger partial charge is 0.411 e. The Bertz CT molecular complexity index is 451. The third kappa shape index (κ3) is 4.63. The van der Waals surface area contributed by atoms with Gasteiger partial charge in [0.15, 0.2) is 0 Å². The molecule has 0 atom stereocenters. The molecule has 0 aliphatic rings. The van der Waals surface area contributed by atoms with E-state index in [1.54, 1.807) is 23.1 Å². The molecule has 1 heterocycles. The summed E-state index contributed by atoms with van der Waals surface area (Å²) in [4.78, 5) is 3.33. The van der Waals surface area contributed by atoms with Crippen molar-refractivity contribution in [1.29, 1.82) is 0 Å². The van der Waals surface area contributed by atoms with Crippen LogP contribution in [0.25, 0.3) is 0 Å². The molecule has 0 aliphatic carbocycles. The van der Waals surface area contributed by atoms with Gasteiger partial charge in [-0.05, 0) is 18.2 Å². The van der Waals surface area contributed by atoms with Crippen LogP contribution in [0.15, 0.2) is 56.7 Å². The average Bonchev–Trinajstić information content (AvgIpc) is 2.81. The topological polar surface area (TPSA) is 32.6 Å². The van der Waals surface area contributed by atoms with E-state index >= 15 is 0 Å². The fourth-order valence-corrected chi connectivity index (χ4v) is 2.92. The Morgan fingerprint density at radius 3 is 2.53 bits per heavy atom. The zero-order chi connectivity index (χ0) is 12.5. The van der Waals surface area contributed by atoms with Crippen molar-refractivity contribution in [2.24, 2.45) is 5.16 Å². The van der Waals surface area contributed by atoms with Crippen molar-refractivity contribution in [2.45, 2.75) is 23.6 Å². The SMILES string of the molecule is CC.O/N=C/c1cc(Sc2ccccc2)cs1. The molecule has 2 nitrogen and oxygen atoms in total. The lowest BCUT2D eigenvalue weighted by Crippen LogP contribution is -1.71. The summed E-state index contributed by atoms with van der Waals surface area (Å²) in [6.07, 6.45) is 1.44. The predicted molar refractivity (Wildman–Crippen MR) is 75.6 cm³/mol. The second kappa shape index (κ2) is 7.92. The van der Waals surface area contributed by atoms with Gasteiger partial charge < -0.3 is 5.21 Å². The van der Waals surface area contributed by atoms with Crippen LogP contribution in [0.5, 0.6) is 0 Å². The molecule has 0 amide bonds. The number of hydrogen-bond donors (Lipinski definition) is 1. The van der Waals surface area contributed by atoms with Crippen LogP contribution < -0.4 is 0 Å². The number of thiophene rings is 1. The maximum Gasteiger partial charge on any atom is 0.0833 e. The highest BCUT2D eigenvalue weighted by Gasteiger charge is 1.99. The highest BCUT2D eigenvalue weighted by Crippen LogP contribution is 2.30. The summed E-state index contributed by atoms with van der Waals surface area (Å²) in [5.41, 5.74) is 0. The molecule has 0 radical (unpaired) electrons. The number of rotatable bonds is 3. The van der Waals surface area contributed by atoms with E-state index in [2.05, 4.69) is 22.7 Å². The van der Waals surface area contributed by atoms with Gasteiger partial charge in [-0.1, -0.05) is 49.0 Å². The highest BCUT2D eigenvalue weighted by atomic mass is 32.2. The summed E-state index contributed by atoms with van der Waals surface area (Å²) < 4.78 is 0. The molecular formula is C13H15NOS2. The van der Waals surface area contributed by atoms with Crippen LogP contribution in [0.4, 0.5) is 0 Å². The van der Waals surface area contributed by atoms with Gasteiger partial charge in [0.25, 0.3) is 0 Å². The normalized spacial score (nSPS) is 10.0. The molecule has 0 fully saturated rings. The fraction of sp³-hybridized carbons (Fsp3) is 0.154. The van der Waals surface area contributed by atoms with Crippen molar-refractivity contribution in [3.05, 3.63) is 46.7 Å². The molecular weight excluding hydrogens is 250 g/mol. The van der Waals surface area contributed by atoms with Gasteiger partial charge in [-0.25, -0.2) is 0 Å². The summed E-state index contributed by atoms with van der Waals surface area (Å²) in [7, 11) is 0. The van der Waals surface area contributed by atoms with Crippen LogP contribution in [0.2, 0.25) is 0 Å². The number of benzene rings is 1. The quantitative estimate of drug-likeness (QED) is 0.494. The molecule has 2 aromatic rings. The van der Waals surface area contributed by atoms with Crippen molar-refractivity contribution in [2.75, 3.05) is 0 Å². The van der Waals surface area contributed by atoms with Crippen LogP contribution in [-0.2, 0) is 0 Å². The first kappa shape index (κ1) is 13.8. The molecule has 0 spiro atoms. The molecule has 0 bridgehead atoms. The molecule has 1 N–H and O–H groups in total. The minimum Gasteiger partial charge on any atom is -0.411 e. The van der Waals surface area contributed by atoms with Gasteiger partial charge in [-0.15, -0.1) is 11.3 Å². The van der Waals surface area contributed by atoms with Gasteiger partial charge in [-0.3, -0.25) is 0 Å². The molecule has 4 heteroatoms. The van der Waals surface area contributed by atoms with E-state index in [-0.39, 0.29) is 0 Å². The first-order valence-corrected chi connectivity index (χ1v) is 7.07. The van der Waals surface area contributed by atoms with Crippen molar-refractivity contribution < 1.29 is 5.21 Å². The molecule has 90 valence electrons. The third-order valence-electron chi connectivity index (χ3n) is 1.76. The van der Waals surface area contributed by atoms with Crippen LogP contribution in [0.1, 0.15) is 18.7 Å². The molecule has 0 unspecified atom stereocenters. The van der Waals surface area contributed by atoms with Crippen molar-refractivity contribution in [1.82, 2.24) is 0 Å². The van der Waals surface area contributed by atoms with Crippen LogP contribution in [-0.4, -0.2) is 11.4 Å². The molecule has 1 aromatic heterocycles. The first-order chi connectivity index (χ1) is 8.38. The van der Waals surface area contributed by atoms with Crippen molar-refractivity contribution >= 4 is 29.3 Å². The lowest BCUT2D eigenvalue weighted by molar-refractivity contribution is 0.322. The van der Waals surface area contributed by atoms with Crippen molar-refractivity contribution in [3.63, 3.8) is 0 Å². The van der Waals surface area contributed by atoms with Gasteiger partial charge >= 0.3 is 0 Å². The lowest BCUT2D eigenvalue weighted by atomic mass is 10.4. The average molecular weight is 265 g/mol. The van der Waals surface area contributed by atoms with E-state index < -0.39 is 0 Å². The second-order valence-corrected chi connectivity index (χ2v) is 4.93. The molecule has 1 aromatic carbocycles. The predicted octanol–water partition coefficient (Wildman–Crippen LogP) is 4.73. The van der Waals surface area contributed by atoms with E-state index in [9.17, 15) is 0 Å². The Balaban J connectivity index is 0.000000686. The molecule has 17 heavy (non-hydrogen) atoms. The van der Waals surface area contributed by atoms with Crippen molar-refractivity contribution in [3.8, 4) is 0 Å². The summed E-state index contributed by atoms with van der Waals surface area (Å²) in [6, 6.07) is 12.2. The number of nitrogens with zero attached hydrogens (tertiary/aromatic N) is 1. The Hall–Kier alpha value is -1.26. The van der Waals surface area contributed by atoms with E-state index in [0.29, 0.717) is 0 Å². The third-order valence-corrected chi connectivity index (χ3v) is 3.76. The summed E-state index contributed by atoms with van der Waals surface area (Å²) in [6.45, 7) is 4.00. The zero-order valence-electron chi connectivity index (χ0n) is 9.83. The Labute approximate surface area is 110 Å². The fourth-order valence-electron chi connectivity index (χ4n) is 1.14.